The Bertz CT molecular complexity index is 1040. The molecule has 1 aliphatic rings. The van der Waals surface area contributed by atoms with Crippen LogP contribution in [-0.2, 0) is 17.1 Å². The highest BCUT2D eigenvalue weighted by atomic mass is 79.9. The number of halogens is 1. The summed E-state index contributed by atoms with van der Waals surface area (Å²) in [5.41, 5.74) is 0.525. The van der Waals surface area contributed by atoms with Gasteiger partial charge in [0.05, 0.1) is 22.3 Å². The second kappa shape index (κ2) is 7.19. The van der Waals surface area contributed by atoms with E-state index in [2.05, 4.69) is 21.0 Å². The number of anilines is 1. The van der Waals surface area contributed by atoms with Crippen LogP contribution in [0.2, 0.25) is 0 Å². The molecule has 0 amide bonds. The minimum Gasteiger partial charge on any atom is -0.367 e. The Labute approximate surface area is 159 Å². The molecule has 0 unspecified atom stereocenters. The maximum atomic E-state index is 12.9. The van der Waals surface area contributed by atoms with Crippen molar-refractivity contribution in [2.45, 2.75) is 4.90 Å². The first-order chi connectivity index (χ1) is 12.4. The lowest BCUT2D eigenvalue weighted by Gasteiger charge is -2.35. The molecular formula is C16H16BrN5O3S. The van der Waals surface area contributed by atoms with Crippen LogP contribution in [0.1, 0.15) is 5.56 Å². The third-order valence-corrected chi connectivity index (χ3v) is 6.97. The zero-order chi connectivity index (χ0) is 18.9. The van der Waals surface area contributed by atoms with Crippen molar-refractivity contribution in [3.05, 3.63) is 50.9 Å². The molecule has 0 bridgehead atoms. The Kier molecular flexibility index (Phi) is 5.13. The molecule has 1 aromatic carbocycles. The molecule has 1 fully saturated rings. The van der Waals surface area contributed by atoms with Crippen LogP contribution in [0, 0.1) is 11.3 Å². The number of piperazine rings is 1. The first-order valence-corrected chi connectivity index (χ1v) is 10.1. The molecule has 1 aromatic heterocycles. The predicted molar refractivity (Wildman–Crippen MR) is 99.3 cm³/mol. The number of hydrogen-bond acceptors (Lipinski definition) is 6. The number of aromatic nitrogens is 2. The minimum atomic E-state index is -3.74. The maximum Gasteiger partial charge on any atom is 0.282 e. The first-order valence-electron chi connectivity index (χ1n) is 7.82. The summed E-state index contributed by atoms with van der Waals surface area (Å²) in [4.78, 5) is 13.9. The average molecular weight is 438 g/mol. The van der Waals surface area contributed by atoms with Gasteiger partial charge in [-0.05, 0) is 28.1 Å². The van der Waals surface area contributed by atoms with Gasteiger partial charge < -0.3 is 4.90 Å². The van der Waals surface area contributed by atoms with Gasteiger partial charge in [-0.2, -0.15) is 14.7 Å². The molecule has 136 valence electrons. The van der Waals surface area contributed by atoms with Gasteiger partial charge in [0.25, 0.3) is 5.56 Å². The molecular weight excluding hydrogens is 422 g/mol. The fraction of sp³-hybridized carbons (Fsp3) is 0.312. The summed E-state index contributed by atoms with van der Waals surface area (Å²) in [5, 5.41) is 13.2. The van der Waals surface area contributed by atoms with Crippen molar-refractivity contribution < 1.29 is 8.42 Å². The molecule has 1 aliphatic heterocycles. The van der Waals surface area contributed by atoms with Crippen molar-refractivity contribution in [1.29, 1.82) is 5.26 Å². The van der Waals surface area contributed by atoms with E-state index in [1.165, 1.54) is 21.1 Å². The van der Waals surface area contributed by atoms with Gasteiger partial charge in [0, 0.05) is 33.2 Å². The van der Waals surface area contributed by atoms with Crippen molar-refractivity contribution >= 4 is 31.6 Å². The minimum absolute atomic E-state index is 0.0207. The first kappa shape index (κ1) is 18.6. The molecule has 0 N–H and O–H groups in total. The summed E-state index contributed by atoms with van der Waals surface area (Å²) in [6, 6.07) is 8.10. The summed E-state index contributed by atoms with van der Waals surface area (Å²) in [7, 11) is -2.18. The van der Waals surface area contributed by atoms with Crippen LogP contribution in [0.3, 0.4) is 0 Å². The number of rotatable bonds is 3. The Morgan fingerprint density at radius 2 is 1.85 bits per heavy atom. The van der Waals surface area contributed by atoms with Crippen LogP contribution in [0.4, 0.5) is 5.69 Å². The van der Waals surface area contributed by atoms with Crippen LogP contribution in [0.15, 0.2) is 44.6 Å². The molecule has 0 aliphatic carbocycles. The van der Waals surface area contributed by atoms with Gasteiger partial charge in [0.2, 0.25) is 10.0 Å². The molecule has 26 heavy (non-hydrogen) atoms. The van der Waals surface area contributed by atoms with Gasteiger partial charge in [-0.3, -0.25) is 4.79 Å². The summed E-state index contributed by atoms with van der Waals surface area (Å²) >= 11 is 3.29. The fourth-order valence-electron chi connectivity index (χ4n) is 2.81. The number of nitrogens with zero attached hydrogens (tertiary/aromatic N) is 5. The quantitative estimate of drug-likeness (QED) is 0.707. The van der Waals surface area contributed by atoms with Gasteiger partial charge in [0.15, 0.2) is 0 Å². The predicted octanol–water partition coefficient (Wildman–Crippen LogP) is 0.925. The van der Waals surface area contributed by atoms with Crippen molar-refractivity contribution in [3.63, 3.8) is 0 Å². The van der Waals surface area contributed by atoms with Crippen LogP contribution >= 0.6 is 15.9 Å². The Hall–Kier alpha value is -2.22. The van der Waals surface area contributed by atoms with E-state index in [4.69, 9.17) is 5.26 Å². The highest BCUT2D eigenvalue weighted by Crippen LogP contribution is 2.25. The summed E-state index contributed by atoms with van der Waals surface area (Å²) < 4.78 is 28.7. The van der Waals surface area contributed by atoms with Crippen molar-refractivity contribution in [2.75, 3.05) is 31.1 Å². The Morgan fingerprint density at radius 3 is 2.50 bits per heavy atom. The molecule has 1 saturated heterocycles. The number of nitriles is 1. The lowest BCUT2D eigenvalue weighted by atomic mass is 10.2. The maximum absolute atomic E-state index is 12.9. The van der Waals surface area contributed by atoms with Gasteiger partial charge >= 0.3 is 0 Å². The van der Waals surface area contributed by atoms with E-state index < -0.39 is 10.0 Å². The molecule has 3 rings (SSSR count). The molecule has 0 saturated carbocycles. The molecule has 0 atom stereocenters. The molecule has 0 radical (unpaired) electrons. The van der Waals surface area contributed by atoms with E-state index in [1.807, 2.05) is 11.0 Å². The van der Waals surface area contributed by atoms with Gasteiger partial charge in [0.1, 0.15) is 10.5 Å². The monoisotopic (exact) mass is 437 g/mol. The number of benzene rings is 1. The standard InChI is InChI=1S/C16H16BrN5O3S/c1-20-16(23)15(17)13(11-19-20)21-6-8-22(9-7-21)26(24,25)14-5-3-2-4-12(14)10-18/h2-5,11H,6-9H2,1H3. The summed E-state index contributed by atoms with van der Waals surface area (Å²) in [6.45, 7) is 1.34. The van der Waals surface area contributed by atoms with Crippen LogP contribution < -0.4 is 10.5 Å². The Balaban J connectivity index is 1.82. The fourth-order valence-corrected chi connectivity index (χ4v) is 4.99. The molecule has 8 nitrogen and oxygen atoms in total. The number of hydrogen-bond donors (Lipinski definition) is 0. The highest BCUT2D eigenvalue weighted by Gasteiger charge is 2.31. The van der Waals surface area contributed by atoms with Gasteiger partial charge in [-0.15, -0.1) is 0 Å². The number of aryl methyl sites for hydroxylation is 1. The largest absolute Gasteiger partial charge is 0.367 e. The molecule has 2 heterocycles. The summed E-state index contributed by atoms with van der Waals surface area (Å²) in [5.74, 6) is 0. The van der Waals surface area contributed by atoms with Gasteiger partial charge in [-0.25, -0.2) is 13.1 Å². The molecule has 0 spiro atoms. The van der Waals surface area contributed by atoms with Crippen LogP contribution in [-0.4, -0.2) is 48.7 Å². The summed E-state index contributed by atoms with van der Waals surface area (Å²) in [6.07, 6.45) is 1.58. The van der Waals surface area contributed by atoms with Crippen molar-refractivity contribution in [2.24, 2.45) is 7.05 Å². The molecule has 10 heteroatoms. The average Bonchev–Trinajstić information content (AvgIpc) is 2.66. The van der Waals surface area contributed by atoms with E-state index in [1.54, 1.807) is 25.4 Å². The highest BCUT2D eigenvalue weighted by molar-refractivity contribution is 9.10. The topological polar surface area (TPSA) is 99.3 Å². The second-order valence-electron chi connectivity index (χ2n) is 5.77. The van der Waals surface area contributed by atoms with Gasteiger partial charge in [-0.1, -0.05) is 12.1 Å². The van der Waals surface area contributed by atoms with E-state index in [9.17, 15) is 13.2 Å². The van der Waals surface area contributed by atoms with Crippen molar-refractivity contribution in [3.8, 4) is 6.07 Å². The smallest absolute Gasteiger partial charge is 0.282 e. The lowest BCUT2D eigenvalue weighted by Crippen LogP contribution is -2.49. The van der Waals surface area contributed by atoms with Crippen molar-refractivity contribution in [1.82, 2.24) is 14.1 Å². The van der Waals surface area contributed by atoms with Crippen LogP contribution in [0.25, 0.3) is 0 Å². The van der Waals surface area contributed by atoms with E-state index in [-0.39, 0.29) is 29.1 Å². The van der Waals surface area contributed by atoms with E-state index in [0.717, 1.165) is 0 Å². The van der Waals surface area contributed by atoms with Crippen LogP contribution in [0.5, 0.6) is 0 Å². The molecule has 2 aromatic rings. The zero-order valence-electron chi connectivity index (χ0n) is 14.0. The normalized spacial score (nSPS) is 15.7. The number of sulfonamides is 1. The third-order valence-electron chi connectivity index (χ3n) is 4.26. The third kappa shape index (κ3) is 3.25. The van der Waals surface area contributed by atoms with E-state index >= 15 is 0 Å². The SMILES string of the molecule is Cn1ncc(N2CCN(S(=O)(=O)c3ccccc3C#N)CC2)c(Br)c1=O. The van der Waals surface area contributed by atoms with E-state index in [0.29, 0.717) is 23.2 Å². The zero-order valence-corrected chi connectivity index (χ0v) is 16.4. The second-order valence-corrected chi connectivity index (χ2v) is 8.47. The Morgan fingerprint density at radius 1 is 1.19 bits per heavy atom. The lowest BCUT2D eigenvalue weighted by molar-refractivity contribution is 0.384.